The zero-order valence-corrected chi connectivity index (χ0v) is 11.5. The molecule has 2 N–H and O–H groups in total. The molecule has 1 aliphatic carbocycles. The van der Waals surface area contributed by atoms with Crippen molar-refractivity contribution in [3.05, 3.63) is 34.9 Å². The van der Waals surface area contributed by atoms with Gasteiger partial charge in [0.1, 0.15) is 0 Å². The Labute approximate surface area is 114 Å². The van der Waals surface area contributed by atoms with Crippen LogP contribution in [-0.4, -0.2) is 19.0 Å². The zero-order chi connectivity index (χ0) is 13.2. The first kappa shape index (κ1) is 12.7. The maximum atomic E-state index is 12.1. The van der Waals surface area contributed by atoms with Crippen molar-refractivity contribution in [1.29, 1.82) is 0 Å². The molecule has 0 saturated heterocycles. The molecule has 1 atom stereocenters. The minimum absolute atomic E-state index is 0.0703. The molecule has 3 heteroatoms. The Bertz CT molecular complexity index is 480. The van der Waals surface area contributed by atoms with Gasteiger partial charge in [-0.2, -0.15) is 0 Å². The van der Waals surface area contributed by atoms with Crippen LogP contribution < -0.4 is 10.6 Å². The van der Waals surface area contributed by atoms with Crippen molar-refractivity contribution in [2.24, 2.45) is 11.8 Å². The van der Waals surface area contributed by atoms with Gasteiger partial charge in [-0.25, -0.2) is 0 Å². The van der Waals surface area contributed by atoms with Crippen molar-refractivity contribution in [1.82, 2.24) is 10.6 Å². The second-order valence-electron chi connectivity index (χ2n) is 5.94. The molecule has 0 radical (unpaired) electrons. The molecule has 1 saturated carbocycles. The third-order valence-electron chi connectivity index (χ3n) is 4.37. The van der Waals surface area contributed by atoms with Crippen molar-refractivity contribution in [3.8, 4) is 0 Å². The van der Waals surface area contributed by atoms with Gasteiger partial charge in [-0.1, -0.05) is 13.0 Å². The summed E-state index contributed by atoms with van der Waals surface area (Å²) in [5.74, 6) is 1.53. The summed E-state index contributed by atoms with van der Waals surface area (Å²) in [4.78, 5) is 12.1. The number of carbonyl (C=O) groups excluding carboxylic acids is 1. The fourth-order valence-electron chi connectivity index (χ4n) is 2.81. The molecule has 19 heavy (non-hydrogen) atoms. The summed E-state index contributed by atoms with van der Waals surface area (Å²) in [5, 5.41) is 6.42. The SMILES string of the molecule is CC(CNC(=O)c1ccc2c(c1)CNCC2)C1CC1. The predicted octanol–water partition coefficient (Wildman–Crippen LogP) is 2.11. The summed E-state index contributed by atoms with van der Waals surface area (Å²) in [5.41, 5.74) is 3.45. The molecule has 3 rings (SSSR count). The lowest BCUT2D eigenvalue weighted by atomic mass is 9.98. The van der Waals surface area contributed by atoms with Crippen LogP contribution in [-0.2, 0) is 13.0 Å². The first-order valence-electron chi connectivity index (χ1n) is 7.35. The van der Waals surface area contributed by atoms with Gasteiger partial charge in [0.15, 0.2) is 0 Å². The van der Waals surface area contributed by atoms with Gasteiger partial charge in [0.25, 0.3) is 5.91 Å². The van der Waals surface area contributed by atoms with Gasteiger partial charge in [-0.05, 0) is 60.9 Å². The molecular formula is C16H22N2O. The quantitative estimate of drug-likeness (QED) is 0.868. The van der Waals surface area contributed by atoms with Gasteiger partial charge in [0.05, 0.1) is 0 Å². The number of amides is 1. The smallest absolute Gasteiger partial charge is 0.251 e. The standard InChI is InChI=1S/C16H22N2O/c1-11(12-2-3-12)9-18-16(19)14-5-4-13-6-7-17-10-15(13)8-14/h4-5,8,11-12,17H,2-3,6-7,9-10H2,1H3,(H,18,19). The summed E-state index contributed by atoms with van der Waals surface area (Å²) >= 11 is 0. The fraction of sp³-hybridized carbons (Fsp3) is 0.562. The maximum absolute atomic E-state index is 12.1. The molecule has 1 aliphatic heterocycles. The molecule has 3 nitrogen and oxygen atoms in total. The van der Waals surface area contributed by atoms with Crippen LogP contribution in [0.25, 0.3) is 0 Å². The number of nitrogens with one attached hydrogen (secondary N) is 2. The summed E-state index contributed by atoms with van der Waals surface area (Å²) in [7, 11) is 0. The molecule has 1 heterocycles. The van der Waals surface area contributed by atoms with Crippen LogP contribution >= 0.6 is 0 Å². The highest BCUT2D eigenvalue weighted by Gasteiger charge is 2.27. The highest BCUT2D eigenvalue weighted by atomic mass is 16.1. The topological polar surface area (TPSA) is 41.1 Å². The third-order valence-corrected chi connectivity index (χ3v) is 4.37. The van der Waals surface area contributed by atoms with Crippen molar-refractivity contribution >= 4 is 5.91 Å². The van der Waals surface area contributed by atoms with Crippen LogP contribution in [0.15, 0.2) is 18.2 Å². The minimum atomic E-state index is 0.0703. The number of fused-ring (bicyclic) bond motifs is 1. The van der Waals surface area contributed by atoms with E-state index in [0.717, 1.165) is 37.5 Å². The van der Waals surface area contributed by atoms with E-state index in [1.807, 2.05) is 12.1 Å². The van der Waals surface area contributed by atoms with E-state index in [2.05, 4.69) is 23.6 Å². The highest BCUT2D eigenvalue weighted by molar-refractivity contribution is 5.94. The molecule has 1 aromatic rings. The van der Waals surface area contributed by atoms with E-state index >= 15 is 0 Å². The Morgan fingerprint density at radius 2 is 2.26 bits per heavy atom. The van der Waals surface area contributed by atoms with E-state index in [-0.39, 0.29) is 5.91 Å². The number of hydrogen-bond acceptors (Lipinski definition) is 2. The Morgan fingerprint density at radius 1 is 1.42 bits per heavy atom. The zero-order valence-electron chi connectivity index (χ0n) is 11.5. The Balaban J connectivity index is 1.62. The monoisotopic (exact) mass is 258 g/mol. The molecule has 0 bridgehead atoms. The Morgan fingerprint density at radius 3 is 3.05 bits per heavy atom. The van der Waals surface area contributed by atoms with Gasteiger partial charge < -0.3 is 10.6 Å². The molecule has 1 fully saturated rings. The van der Waals surface area contributed by atoms with E-state index in [9.17, 15) is 4.79 Å². The normalized spacial score (nSPS) is 19.6. The molecule has 0 spiro atoms. The van der Waals surface area contributed by atoms with Crippen molar-refractivity contribution in [3.63, 3.8) is 0 Å². The fourth-order valence-corrected chi connectivity index (χ4v) is 2.81. The van der Waals surface area contributed by atoms with Gasteiger partial charge in [-0.15, -0.1) is 0 Å². The third kappa shape index (κ3) is 2.98. The molecule has 1 amide bonds. The van der Waals surface area contributed by atoms with Gasteiger partial charge in [0.2, 0.25) is 0 Å². The summed E-state index contributed by atoms with van der Waals surface area (Å²) < 4.78 is 0. The lowest BCUT2D eigenvalue weighted by molar-refractivity contribution is 0.0946. The van der Waals surface area contributed by atoms with Crippen LogP contribution in [0.1, 0.15) is 41.3 Å². The largest absolute Gasteiger partial charge is 0.352 e. The first-order chi connectivity index (χ1) is 9.24. The predicted molar refractivity (Wildman–Crippen MR) is 76.1 cm³/mol. The van der Waals surface area contributed by atoms with Crippen LogP contribution in [0.5, 0.6) is 0 Å². The minimum Gasteiger partial charge on any atom is -0.352 e. The van der Waals surface area contributed by atoms with Crippen molar-refractivity contribution in [2.45, 2.75) is 32.7 Å². The second kappa shape index (κ2) is 5.33. The lowest BCUT2D eigenvalue weighted by Crippen LogP contribution is -2.30. The number of carbonyl (C=O) groups is 1. The van der Waals surface area contributed by atoms with Crippen LogP contribution in [0.2, 0.25) is 0 Å². The van der Waals surface area contributed by atoms with E-state index in [4.69, 9.17) is 0 Å². The molecule has 1 aromatic carbocycles. The second-order valence-corrected chi connectivity index (χ2v) is 5.94. The van der Waals surface area contributed by atoms with E-state index in [1.165, 1.54) is 24.0 Å². The highest BCUT2D eigenvalue weighted by Crippen LogP contribution is 2.36. The molecule has 1 unspecified atom stereocenters. The van der Waals surface area contributed by atoms with E-state index in [0.29, 0.717) is 5.92 Å². The van der Waals surface area contributed by atoms with Crippen LogP contribution in [0.4, 0.5) is 0 Å². The van der Waals surface area contributed by atoms with Crippen molar-refractivity contribution in [2.75, 3.05) is 13.1 Å². The first-order valence-corrected chi connectivity index (χ1v) is 7.35. The van der Waals surface area contributed by atoms with Gasteiger partial charge >= 0.3 is 0 Å². The number of hydrogen-bond donors (Lipinski definition) is 2. The average Bonchev–Trinajstić information content (AvgIpc) is 3.28. The summed E-state index contributed by atoms with van der Waals surface area (Å²) in [6, 6.07) is 6.11. The Hall–Kier alpha value is -1.35. The van der Waals surface area contributed by atoms with Crippen LogP contribution in [0, 0.1) is 11.8 Å². The van der Waals surface area contributed by atoms with E-state index in [1.54, 1.807) is 0 Å². The maximum Gasteiger partial charge on any atom is 0.251 e. The van der Waals surface area contributed by atoms with Crippen LogP contribution in [0.3, 0.4) is 0 Å². The molecule has 102 valence electrons. The van der Waals surface area contributed by atoms with Gasteiger partial charge in [0, 0.05) is 18.7 Å². The molecule has 2 aliphatic rings. The summed E-state index contributed by atoms with van der Waals surface area (Å²) in [6.45, 7) is 4.96. The average molecular weight is 258 g/mol. The summed E-state index contributed by atoms with van der Waals surface area (Å²) in [6.07, 6.45) is 3.74. The van der Waals surface area contributed by atoms with E-state index < -0.39 is 0 Å². The van der Waals surface area contributed by atoms with Gasteiger partial charge in [-0.3, -0.25) is 4.79 Å². The Kier molecular flexibility index (Phi) is 3.56. The number of benzene rings is 1. The van der Waals surface area contributed by atoms with Crippen molar-refractivity contribution < 1.29 is 4.79 Å². The molecule has 0 aromatic heterocycles. The number of rotatable bonds is 4. The molecular weight excluding hydrogens is 236 g/mol. The lowest BCUT2D eigenvalue weighted by Gasteiger charge is -2.18.